The molecule has 0 radical (unpaired) electrons. The van der Waals surface area contributed by atoms with Gasteiger partial charge in [-0.2, -0.15) is 10.1 Å². The van der Waals surface area contributed by atoms with Gasteiger partial charge < -0.3 is 4.90 Å². The van der Waals surface area contributed by atoms with Crippen molar-refractivity contribution in [2.24, 2.45) is 0 Å². The molecular weight excluding hydrogens is 360 g/mol. The molecule has 1 atom stereocenters. The Labute approximate surface area is 162 Å². The topological polar surface area (TPSA) is 107 Å². The molecular formula is C19H22N6O3. The molecule has 0 fully saturated rings. The third kappa shape index (κ3) is 3.68. The van der Waals surface area contributed by atoms with Gasteiger partial charge in [-0.3, -0.25) is 14.9 Å². The molecule has 0 aliphatic carbocycles. The van der Waals surface area contributed by atoms with Crippen LogP contribution < -0.4 is 0 Å². The van der Waals surface area contributed by atoms with Crippen LogP contribution in [0.3, 0.4) is 0 Å². The second kappa shape index (κ2) is 7.71. The van der Waals surface area contributed by atoms with E-state index in [2.05, 4.69) is 15.1 Å². The first-order chi connectivity index (χ1) is 13.3. The molecule has 0 bridgehead atoms. The number of aromatic nitrogens is 4. The summed E-state index contributed by atoms with van der Waals surface area (Å²) in [6.07, 6.45) is 2.29. The molecule has 0 saturated carbocycles. The summed E-state index contributed by atoms with van der Waals surface area (Å²) in [7, 11) is 1.71. The van der Waals surface area contributed by atoms with Gasteiger partial charge in [0, 0.05) is 37.0 Å². The normalized spacial score (nSPS) is 12.1. The Morgan fingerprint density at radius 2 is 2.11 bits per heavy atom. The molecule has 28 heavy (non-hydrogen) atoms. The summed E-state index contributed by atoms with van der Waals surface area (Å²) in [6.45, 7) is 5.69. The van der Waals surface area contributed by atoms with Crippen molar-refractivity contribution < 1.29 is 9.72 Å². The van der Waals surface area contributed by atoms with Gasteiger partial charge in [0.05, 0.1) is 11.0 Å². The molecule has 9 nitrogen and oxygen atoms in total. The van der Waals surface area contributed by atoms with Gasteiger partial charge >= 0.3 is 0 Å². The lowest BCUT2D eigenvalue weighted by Gasteiger charge is -2.25. The molecule has 0 spiro atoms. The van der Waals surface area contributed by atoms with Crippen molar-refractivity contribution in [2.45, 2.75) is 39.7 Å². The van der Waals surface area contributed by atoms with Crippen molar-refractivity contribution in [3.63, 3.8) is 0 Å². The van der Waals surface area contributed by atoms with Crippen LogP contribution in [0.2, 0.25) is 0 Å². The lowest BCUT2D eigenvalue weighted by molar-refractivity contribution is -0.384. The van der Waals surface area contributed by atoms with Gasteiger partial charge in [-0.1, -0.05) is 12.1 Å². The summed E-state index contributed by atoms with van der Waals surface area (Å²) in [5.41, 5.74) is 3.47. The standard InChI is InChI=1S/C19H22N6O3/c1-12-17(14(3)24-19(22-12)20-11-21-24)8-9-18(26)23(4)13(2)15-6-5-7-16(10-15)25(27)28/h5-7,10-11,13H,8-9H2,1-4H3/t13-/m0/s1. The van der Waals surface area contributed by atoms with E-state index in [9.17, 15) is 14.9 Å². The third-order valence-corrected chi connectivity index (χ3v) is 5.12. The molecule has 0 aliphatic heterocycles. The van der Waals surface area contributed by atoms with E-state index < -0.39 is 4.92 Å². The average Bonchev–Trinajstić information content (AvgIpc) is 3.15. The number of aryl methyl sites for hydroxylation is 2. The number of nitro groups is 1. The van der Waals surface area contributed by atoms with Gasteiger partial charge in [-0.25, -0.2) is 9.50 Å². The first kappa shape index (κ1) is 19.4. The predicted octanol–water partition coefficient (Wildman–Crippen LogP) is 2.80. The second-order valence-electron chi connectivity index (χ2n) is 6.77. The minimum atomic E-state index is -0.434. The van der Waals surface area contributed by atoms with Crippen LogP contribution in [0.15, 0.2) is 30.6 Å². The van der Waals surface area contributed by atoms with E-state index in [1.807, 2.05) is 20.8 Å². The van der Waals surface area contributed by atoms with E-state index in [4.69, 9.17) is 0 Å². The quantitative estimate of drug-likeness (QED) is 0.479. The van der Waals surface area contributed by atoms with Crippen molar-refractivity contribution in [1.29, 1.82) is 0 Å². The molecule has 3 aromatic rings. The molecule has 1 amide bonds. The summed E-state index contributed by atoms with van der Waals surface area (Å²) in [6, 6.07) is 6.10. The zero-order chi connectivity index (χ0) is 20.4. The van der Waals surface area contributed by atoms with Gasteiger partial charge in [0.2, 0.25) is 5.91 Å². The fourth-order valence-corrected chi connectivity index (χ4v) is 3.26. The lowest BCUT2D eigenvalue weighted by atomic mass is 10.0. The van der Waals surface area contributed by atoms with E-state index in [1.165, 1.54) is 18.5 Å². The molecule has 146 valence electrons. The first-order valence-electron chi connectivity index (χ1n) is 8.95. The number of non-ortho nitro benzene ring substituents is 1. The van der Waals surface area contributed by atoms with Crippen LogP contribution in [0, 0.1) is 24.0 Å². The van der Waals surface area contributed by atoms with Gasteiger partial charge in [-0.05, 0) is 38.3 Å². The number of carbonyl (C=O) groups is 1. The SMILES string of the molecule is Cc1nc2ncnn2c(C)c1CCC(=O)N(C)[C@@H](C)c1cccc([N+](=O)[O-])c1. The van der Waals surface area contributed by atoms with Crippen molar-refractivity contribution >= 4 is 17.4 Å². The van der Waals surface area contributed by atoms with Gasteiger partial charge in [0.25, 0.3) is 11.5 Å². The van der Waals surface area contributed by atoms with Crippen molar-refractivity contribution in [3.8, 4) is 0 Å². The van der Waals surface area contributed by atoms with Crippen LogP contribution in [-0.4, -0.2) is 42.4 Å². The highest BCUT2D eigenvalue weighted by atomic mass is 16.6. The highest BCUT2D eigenvalue weighted by Gasteiger charge is 2.20. The monoisotopic (exact) mass is 382 g/mol. The summed E-state index contributed by atoms with van der Waals surface area (Å²) in [5, 5.41) is 15.1. The number of carbonyl (C=O) groups excluding carboxylic acids is 1. The van der Waals surface area contributed by atoms with E-state index in [-0.39, 0.29) is 17.6 Å². The predicted molar refractivity (Wildman–Crippen MR) is 103 cm³/mol. The summed E-state index contributed by atoms with van der Waals surface area (Å²) < 4.78 is 1.67. The van der Waals surface area contributed by atoms with Gasteiger partial charge in [0.15, 0.2) is 0 Å². The van der Waals surface area contributed by atoms with E-state index in [1.54, 1.807) is 28.6 Å². The van der Waals surface area contributed by atoms with Crippen molar-refractivity contribution in [1.82, 2.24) is 24.5 Å². The van der Waals surface area contributed by atoms with Crippen LogP contribution >= 0.6 is 0 Å². The number of benzene rings is 1. The number of amides is 1. The lowest BCUT2D eigenvalue weighted by Crippen LogP contribution is -2.30. The van der Waals surface area contributed by atoms with Crippen LogP contribution in [0.5, 0.6) is 0 Å². The third-order valence-electron chi connectivity index (χ3n) is 5.12. The Kier molecular flexibility index (Phi) is 5.34. The minimum absolute atomic E-state index is 0.0173. The van der Waals surface area contributed by atoms with E-state index in [0.29, 0.717) is 18.6 Å². The Balaban J connectivity index is 1.72. The fraction of sp³-hybridized carbons (Fsp3) is 0.368. The van der Waals surface area contributed by atoms with Crippen molar-refractivity contribution in [3.05, 3.63) is 63.2 Å². The number of hydrogen-bond donors (Lipinski definition) is 0. The maximum Gasteiger partial charge on any atom is 0.269 e. The average molecular weight is 382 g/mol. The second-order valence-corrected chi connectivity index (χ2v) is 6.77. The highest BCUT2D eigenvalue weighted by molar-refractivity contribution is 5.76. The number of rotatable bonds is 6. The summed E-state index contributed by atoms with van der Waals surface area (Å²) in [4.78, 5) is 33.4. The molecule has 0 aliphatic rings. The molecule has 0 unspecified atom stereocenters. The molecule has 9 heteroatoms. The Bertz CT molecular complexity index is 1050. The van der Waals surface area contributed by atoms with Crippen LogP contribution in [0.4, 0.5) is 5.69 Å². The number of fused-ring (bicyclic) bond motifs is 1. The maximum absolute atomic E-state index is 12.7. The molecule has 0 N–H and O–H groups in total. The summed E-state index contributed by atoms with van der Waals surface area (Å²) >= 11 is 0. The van der Waals surface area contributed by atoms with Crippen LogP contribution in [0.25, 0.3) is 5.78 Å². The van der Waals surface area contributed by atoms with Crippen LogP contribution in [0.1, 0.15) is 41.9 Å². The molecule has 1 aromatic carbocycles. The van der Waals surface area contributed by atoms with E-state index >= 15 is 0 Å². The van der Waals surface area contributed by atoms with Gasteiger partial charge in [-0.15, -0.1) is 0 Å². The Morgan fingerprint density at radius 3 is 2.82 bits per heavy atom. The Hall–Kier alpha value is -3.36. The maximum atomic E-state index is 12.7. The molecule has 0 saturated heterocycles. The molecule has 2 aromatic heterocycles. The summed E-state index contributed by atoms with van der Waals surface area (Å²) in [5.74, 6) is 0.498. The largest absolute Gasteiger partial charge is 0.339 e. The van der Waals surface area contributed by atoms with Crippen LogP contribution in [-0.2, 0) is 11.2 Å². The number of hydrogen-bond acceptors (Lipinski definition) is 6. The van der Waals surface area contributed by atoms with E-state index in [0.717, 1.165) is 22.5 Å². The highest BCUT2D eigenvalue weighted by Crippen LogP contribution is 2.24. The number of nitrogens with zero attached hydrogens (tertiary/aromatic N) is 6. The van der Waals surface area contributed by atoms with Crippen molar-refractivity contribution in [2.75, 3.05) is 7.05 Å². The number of nitro benzene ring substituents is 1. The smallest absolute Gasteiger partial charge is 0.269 e. The molecule has 3 rings (SSSR count). The minimum Gasteiger partial charge on any atom is -0.339 e. The first-order valence-corrected chi connectivity index (χ1v) is 8.95. The fourth-order valence-electron chi connectivity index (χ4n) is 3.26. The Morgan fingerprint density at radius 1 is 1.36 bits per heavy atom. The zero-order valence-corrected chi connectivity index (χ0v) is 16.3. The molecule has 2 heterocycles. The zero-order valence-electron chi connectivity index (χ0n) is 16.3. The van der Waals surface area contributed by atoms with Gasteiger partial charge in [0.1, 0.15) is 6.33 Å².